The zero-order valence-corrected chi connectivity index (χ0v) is 21.9. The van der Waals surface area contributed by atoms with E-state index < -0.39 is 10.0 Å². The van der Waals surface area contributed by atoms with Crippen molar-refractivity contribution >= 4 is 15.9 Å². The van der Waals surface area contributed by atoms with E-state index in [2.05, 4.69) is 0 Å². The molecular formula is C27H36N2O5S. The maximum atomic E-state index is 14.2. The zero-order valence-electron chi connectivity index (χ0n) is 21.1. The molecule has 1 aliphatic heterocycles. The van der Waals surface area contributed by atoms with E-state index in [9.17, 15) is 13.2 Å². The van der Waals surface area contributed by atoms with Crippen molar-refractivity contribution in [2.45, 2.75) is 69.4 Å². The summed E-state index contributed by atoms with van der Waals surface area (Å²) in [5, 5.41) is 0. The van der Waals surface area contributed by atoms with Crippen LogP contribution in [-0.4, -0.2) is 62.9 Å². The van der Waals surface area contributed by atoms with Gasteiger partial charge in [-0.1, -0.05) is 18.6 Å². The van der Waals surface area contributed by atoms with Crippen molar-refractivity contribution in [3.8, 4) is 11.5 Å². The summed E-state index contributed by atoms with van der Waals surface area (Å²) in [5.41, 5.74) is 1.98. The summed E-state index contributed by atoms with van der Waals surface area (Å²) in [7, 11) is -0.407. The minimum atomic E-state index is -3.78. The number of rotatable bonds is 3. The molecule has 0 unspecified atom stereocenters. The summed E-state index contributed by atoms with van der Waals surface area (Å²) in [6.07, 6.45) is 4.44. The van der Waals surface area contributed by atoms with E-state index in [1.807, 2.05) is 32.0 Å². The molecule has 2 aromatic rings. The first-order valence-corrected chi connectivity index (χ1v) is 13.9. The largest absolute Gasteiger partial charge is 0.496 e. The van der Waals surface area contributed by atoms with Crippen molar-refractivity contribution in [2.75, 3.05) is 27.2 Å². The van der Waals surface area contributed by atoms with Gasteiger partial charge in [-0.2, -0.15) is 4.31 Å². The van der Waals surface area contributed by atoms with Crippen LogP contribution in [0.15, 0.2) is 41.3 Å². The number of hydrogen-bond acceptors (Lipinski definition) is 5. The number of hydrogen-bond donors (Lipinski definition) is 0. The van der Waals surface area contributed by atoms with Gasteiger partial charge in [0, 0.05) is 20.1 Å². The average Bonchev–Trinajstić information content (AvgIpc) is 2.84. The van der Waals surface area contributed by atoms with Gasteiger partial charge >= 0.3 is 0 Å². The van der Waals surface area contributed by atoms with Gasteiger partial charge in [0.2, 0.25) is 10.0 Å². The van der Waals surface area contributed by atoms with Gasteiger partial charge in [-0.05, 0) is 81.3 Å². The molecule has 7 nitrogen and oxygen atoms in total. The van der Waals surface area contributed by atoms with E-state index in [4.69, 9.17) is 9.47 Å². The fraction of sp³-hybridized carbons (Fsp3) is 0.519. The van der Waals surface area contributed by atoms with Crippen LogP contribution in [0.2, 0.25) is 0 Å². The monoisotopic (exact) mass is 500 g/mol. The quantitative estimate of drug-likeness (QED) is 0.618. The highest BCUT2D eigenvalue weighted by Gasteiger charge is 2.40. The Bertz CT molecular complexity index is 1180. The average molecular weight is 501 g/mol. The standard InChI is InChI=1S/C27H36N2O5S/c1-19-18-26(20(2)17-25(19)33-4)35(31,32)29-16-10-9-15-28(3)27(30)21-11-5-7-13-23(21)34-24-14-8-6-12-22(24)29/h5,7,11,13,17-18,22,24H,6,8-10,12,14-16H2,1-4H3/t22-,24+/m1/s1. The number of nitrogens with zero attached hydrogens (tertiary/aromatic N) is 2. The van der Waals surface area contributed by atoms with Crippen LogP contribution in [0, 0.1) is 13.8 Å². The Labute approximate surface area is 209 Å². The van der Waals surface area contributed by atoms with Crippen LogP contribution >= 0.6 is 0 Å². The van der Waals surface area contributed by atoms with E-state index in [0.29, 0.717) is 47.0 Å². The number of methoxy groups -OCH3 is 1. The Morgan fingerprint density at radius 3 is 2.46 bits per heavy atom. The summed E-state index contributed by atoms with van der Waals surface area (Å²) in [6.45, 7) is 4.62. The lowest BCUT2D eigenvalue weighted by molar-refractivity contribution is 0.0658. The minimum absolute atomic E-state index is 0.0673. The molecule has 0 spiro atoms. The van der Waals surface area contributed by atoms with Crippen molar-refractivity contribution in [3.05, 3.63) is 53.1 Å². The van der Waals surface area contributed by atoms with Crippen molar-refractivity contribution in [1.29, 1.82) is 0 Å². The normalized spacial score (nSPS) is 22.3. The molecule has 0 radical (unpaired) electrons. The molecule has 0 bridgehead atoms. The Morgan fingerprint density at radius 2 is 1.69 bits per heavy atom. The third-order valence-corrected chi connectivity index (χ3v) is 9.25. The van der Waals surface area contributed by atoms with Crippen LogP contribution in [0.4, 0.5) is 0 Å². The first-order chi connectivity index (χ1) is 16.7. The Hall–Kier alpha value is -2.58. The SMILES string of the molecule is COc1cc(C)c(S(=O)(=O)N2CCCCN(C)C(=O)c3ccccc3O[C@H]3CCCC[C@H]32)cc1C. The molecule has 1 saturated carbocycles. The van der Waals surface area contributed by atoms with E-state index >= 15 is 0 Å². The number of carbonyl (C=O) groups excluding carboxylic acids is 1. The molecule has 0 N–H and O–H groups in total. The number of aryl methyl sites for hydroxylation is 2. The predicted molar refractivity (Wildman–Crippen MR) is 136 cm³/mol. The number of benzene rings is 2. The first kappa shape index (κ1) is 25.5. The second kappa shape index (κ2) is 10.6. The highest BCUT2D eigenvalue weighted by atomic mass is 32.2. The lowest BCUT2D eigenvalue weighted by Crippen LogP contribution is -2.51. The Balaban J connectivity index is 1.77. The van der Waals surface area contributed by atoms with Crippen molar-refractivity contribution in [1.82, 2.24) is 9.21 Å². The topological polar surface area (TPSA) is 76.2 Å². The van der Waals surface area contributed by atoms with Crippen molar-refractivity contribution < 1.29 is 22.7 Å². The van der Waals surface area contributed by atoms with Crippen LogP contribution in [0.5, 0.6) is 11.5 Å². The van der Waals surface area contributed by atoms with Gasteiger partial charge in [0.25, 0.3) is 5.91 Å². The number of amides is 1. The number of fused-ring (bicyclic) bond motifs is 2. The lowest BCUT2D eigenvalue weighted by atomic mass is 9.92. The van der Waals surface area contributed by atoms with Crippen molar-refractivity contribution in [2.24, 2.45) is 0 Å². The summed E-state index contributed by atoms with van der Waals surface area (Å²) in [6, 6.07) is 10.5. The third kappa shape index (κ3) is 5.19. The third-order valence-electron chi connectivity index (χ3n) is 7.18. The molecule has 4 rings (SSSR count). The van der Waals surface area contributed by atoms with Gasteiger partial charge in [0.05, 0.1) is 23.6 Å². The molecule has 0 saturated heterocycles. The number of ether oxygens (including phenoxy) is 2. The second-order valence-electron chi connectivity index (χ2n) is 9.64. The summed E-state index contributed by atoms with van der Waals surface area (Å²) in [4.78, 5) is 15.1. The highest BCUT2D eigenvalue weighted by molar-refractivity contribution is 7.89. The first-order valence-electron chi connectivity index (χ1n) is 12.4. The van der Waals surface area contributed by atoms with Gasteiger partial charge in [-0.3, -0.25) is 4.79 Å². The second-order valence-corrected chi connectivity index (χ2v) is 11.5. The molecule has 190 valence electrons. The van der Waals surface area contributed by atoms with Crippen LogP contribution in [0.1, 0.15) is 60.0 Å². The van der Waals surface area contributed by atoms with Gasteiger partial charge < -0.3 is 14.4 Å². The Morgan fingerprint density at radius 1 is 0.971 bits per heavy atom. The summed E-state index contributed by atoms with van der Waals surface area (Å²) >= 11 is 0. The fourth-order valence-electron chi connectivity index (χ4n) is 5.23. The molecule has 35 heavy (non-hydrogen) atoms. The molecule has 0 aromatic heterocycles. The minimum Gasteiger partial charge on any atom is -0.496 e. The van der Waals surface area contributed by atoms with Gasteiger partial charge in [0.1, 0.15) is 17.6 Å². The summed E-state index contributed by atoms with van der Waals surface area (Å²) < 4.78 is 41.9. The maximum Gasteiger partial charge on any atom is 0.257 e. The smallest absolute Gasteiger partial charge is 0.257 e. The fourth-order valence-corrected chi connectivity index (χ4v) is 7.24. The van der Waals surface area contributed by atoms with Gasteiger partial charge in [-0.25, -0.2) is 8.42 Å². The van der Waals surface area contributed by atoms with Crippen LogP contribution in [-0.2, 0) is 10.0 Å². The zero-order chi connectivity index (χ0) is 25.2. The van der Waals surface area contributed by atoms with E-state index in [1.54, 1.807) is 41.6 Å². The van der Waals surface area contributed by atoms with E-state index in [1.165, 1.54) is 0 Å². The maximum absolute atomic E-state index is 14.2. The molecule has 1 aliphatic carbocycles. The molecule has 2 aromatic carbocycles. The summed E-state index contributed by atoms with van der Waals surface area (Å²) in [5.74, 6) is 1.14. The lowest BCUT2D eigenvalue weighted by Gasteiger charge is -2.40. The predicted octanol–water partition coefficient (Wildman–Crippen LogP) is 4.56. The van der Waals surface area contributed by atoms with Crippen molar-refractivity contribution in [3.63, 3.8) is 0 Å². The van der Waals surface area contributed by atoms with Gasteiger partial charge in [-0.15, -0.1) is 0 Å². The van der Waals surface area contributed by atoms with Gasteiger partial charge in [0.15, 0.2) is 0 Å². The van der Waals surface area contributed by atoms with Crippen LogP contribution < -0.4 is 9.47 Å². The number of sulfonamides is 1. The molecule has 1 heterocycles. The molecule has 1 amide bonds. The molecule has 2 atom stereocenters. The molecule has 8 heteroatoms. The number of carbonyl (C=O) groups is 1. The van der Waals surface area contributed by atoms with Crippen LogP contribution in [0.3, 0.4) is 0 Å². The van der Waals surface area contributed by atoms with E-state index in [0.717, 1.165) is 37.7 Å². The van der Waals surface area contributed by atoms with E-state index in [-0.39, 0.29) is 18.1 Å². The molecule has 2 aliphatic rings. The Kier molecular flexibility index (Phi) is 7.71. The number of para-hydroxylation sites is 1. The molecular weight excluding hydrogens is 464 g/mol. The molecule has 1 fully saturated rings. The van der Waals surface area contributed by atoms with Crippen LogP contribution in [0.25, 0.3) is 0 Å². The highest BCUT2D eigenvalue weighted by Crippen LogP contribution is 2.35.